The molecule has 216 valence electrons. The van der Waals surface area contributed by atoms with E-state index in [-0.39, 0.29) is 29.5 Å². The van der Waals surface area contributed by atoms with Crippen LogP contribution in [-0.2, 0) is 25.3 Å². The fourth-order valence-corrected chi connectivity index (χ4v) is 5.33. The molecule has 1 aliphatic heterocycles. The molecular weight excluding hydrogens is 546 g/mol. The zero-order valence-electron chi connectivity index (χ0n) is 22.2. The maximum atomic E-state index is 13.5. The van der Waals surface area contributed by atoms with Crippen LogP contribution in [0, 0.1) is 0 Å². The summed E-state index contributed by atoms with van der Waals surface area (Å²) in [7, 11) is 0. The zero-order valence-corrected chi connectivity index (χ0v) is 22.2. The SMILES string of the molecule is CCc1nc2c(C(F)(F)F)cccn2c1C(=O)NCc1ccc(N2CCC(c3ccc(C(F)(F)F)cc3)CC2)cc1. The second-order valence-electron chi connectivity index (χ2n) is 10.1. The van der Waals surface area contributed by atoms with Gasteiger partial charge in [0, 0.05) is 31.5 Å². The van der Waals surface area contributed by atoms with E-state index in [1.807, 2.05) is 24.3 Å². The van der Waals surface area contributed by atoms with Gasteiger partial charge >= 0.3 is 12.4 Å². The highest BCUT2D eigenvalue weighted by Crippen LogP contribution is 2.35. The Morgan fingerprint density at radius 3 is 2.17 bits per heavy atom. The Bertz CT molecular complexity index is 1520. The predicted octanol–water partition coefficient (Wildman–Crippen LogP) is 7.25. The van der Waals surface area contributed by atoms with Crippen LogP contribution in [0.1, 0.15) is 64.1 Å². The van der Waals surface area contributed by atoms with Crippen molar-refractivity contribution in [2.24, 2.45) is 0 Å². The lowest BCUT2D eigenvalue weighted by atomic mass is 9.88. The largest absolute Gasteiger partial charge is 0.419 e. The number of alkyl halides is 6. The molecule has 2 aromatic carbocycles. The number of rotatable bonds is 6. The van der Waals surface area contributed by atoms with Gasteiger partial charge in [0.1, 0.15) is 11.3 Å². The number of carbonyl (C=O) groups excluding carboxylic acids is 1. The van der Waals surface area contributed by atoms with Gasteiger partial charge in [-0.3, -0.25) is 9.20 Å². The van der Waals surface area contributed by atoms with Gasteiger partial charge in [0.2, 0.25) is 0 Å². The lowest BCUT2D eigenvalue weighted by molar-refractivity contribution is -0.138. The van der Waals surface area contributed by atoms with Crippen LogP contribution in [0.15, 0.2) is 66.9 Å². The highest BCUT2D eigenvalue weighted by molar-refractivity contribution is 5.95. The van der Waals surface area contributed by atoms with Crippen molar-refractivity contribution in [3.05, 3.63) is 101 Å². The molecule has 5 rings (SSSR count). The van der Waals surface area contributed by atoms with Gasteiger partial charge in [-0.15, -0.1) is 0 Å². The second-order valence-corrected chi connectivity index (χ2v) is 10.1. The summed E-state index contributed by atoms with van der Waals surface area (Å²) < 4.78 is 80.1. The Labute approximate surface area is 232 Å². The third kappa shape index (κ3) is 6.03. The first-order valence-electron chi connectivity index (χ1n) is 13.3. The molecule has 1 fully saturated rings. The first-order chi connectivity index (χ1) is 19.5. The van der Waals surface area contributed by atoms with Gasteiger partial charge in [-0.1, -0.05) is 31.2 Å². The van der Waals surface area contributed by atoms with E-state index in [2.05, 4.69) is 15.2 Å². The van der Waals surface area contributed by atoms with Gasteiger partial charge in [0.25, 0.3) is 5.91 Å². The topological polar surface area (TPSA) is 49.6 Å². The average molecular weight is 575 g/mol. The van der Waals surface area contributed by atoms with Crippen molar-refractivity contribution in [1.82, 2.24) is 14.7 Å². The van der Waals surface area contributed by atoms with Crippen molar-refractivity contribution in [1.29, 1.82) is 0 Å². The number of piperidine rings is 1. The van der Waals surface area contributed by atoms with Gasteiger partial charge in [0.05, 0.1) is 16.8 Å². The Balaban J connectivity index is 1.20. The number of anilines is 1. The quantitative estimate of drug-likeness (QED) is 0.247. The molecule has 1 N–H and O–H groups in total. The number of nitrogens with one attached hydrogen (secondary N) is 1. The molecule has 0 unspecified atom stereocenters. The minimum absolute atomic E-state index is 0.0844. The number of nitrogens with zero attached hydrogens (tertiary/aromatic N) is 3. The third-order valence-corrected chi connectivity index (χ3v) is 7.54. The Kier molecular flexibility index (Phi) is 7.72. The van der Waals surface area contributed by atoms with Crippen LogP contribution in [0.4, 0.5) is 32.0 Å². The monoisotopic (exact) mass is 574 g/mol. The van der Waals surface area contributed by atoms with Crippen molar-refractivity contribution in [3.8, 4) is 0 Å². The summed E-state index contributed by atoms with van der Waals surface area (Å²) in [5, 5.41) is 2.80. The molecular formula is C30H28F6N4O. The summed E-state index contributed by atoms with van der Waals surface area (Å²) in [5.74, 6) is -0.314. The van der Waals surface area contributed by atoms with E-state index in [1.165, 1.54) is 16.7 Å². The standard InChI is InChI=1S/C30H28F6N4O/c1-2-25-26(40-15-3-4-24(27(40)38-25)30(34,35)36)28(41)37-18-19-5-11-23(12-6-19)39-16-13-21(14-17-39)20-7-9-22(10-8-20)29(31,32)33/h3-12,15,21H,2,13-14,16-18H2,1H3,(H,37,41). The Morgan fingerprint density at radius 1 is 0.927 bits per heavy atom. The van der Waals surface area contributed by atoms with Crippen LogP contribution in [-0.4, -0.2) is 28.4 Å². The van der Waals surface area contributed by atoms with Crippen LogP contribution in [0.3, 0.4) is 0 Å². The minimum atomic E-state index is -4.59. The fourth-order valence-electron chi connectivity index (χ4n) is 5.33. The first-order valence-corrected chi connectivity index (χ1v) is 13.3. The maximum Gasteiger partial charge on any atom is 0.419 e. The summed E-state index contributed by atoms with van der Waals surface area (Å²) in [6.45, 7) is 3.44. The summed E-state index contributed by atoms with van der Waals surface area (Å²) in [6, 6.07) is 15.3. The molecule has 2 aromatic heterocycles. The molecule has 5 nitrogen and oxygen atoms in total. The van der Waals surface area contributed by atoms with Gasteiger partial charge in [0.15, 0.2) is 0 Å². The molecule has 11 heteroatoms. The van der Waals surface area contributed by atoms with E-state index < -0.39 is 29.4 Å². The van der Waals surface area contributed by atoms with Crippen molar-refractivity contribution in [3.63, 3.8) is 0 Å². The van der Waals surface area contributed by atoms with Crippen molar-refractivity contribution in [2.45, 2.75) is 51.0 Å². The molecule has 0 bridgehead atoms. The van der Waals surface area contributed by atoms with E-state index in [4.69, 9.17) is 0 Å². The maximum absolute atomic E-state index is 13.5. The molecule has 1 aliphatic rings. The number of fused-ring (bicyclic) bond motifs is 1. The summed E-state index contributed by atoms with van der Waals surface area (Å²) in [4.78, 5) is 19.4. The Morgan fingerprint density at radius 2 is 1.59 bits per heavy atom. The van der Waals surface area contributed by atoms with Crippen LogP contribution >= 0.6 is 0 Å². The second kappa shape index (κ2) is 11.1. The van der Waals surface area contributed by atoms with E-state index >= 15 is 0 Å². The molecule has 1 amide bonds. The fraction of sp³-hybridized carbons (Fsp3) is 0.333. The number of aromatic nitrogens is 2. The smallest absolute Gasteiger partial charge is 0.371 e. The van der Waals surface area contributed by atoms with Crippen molar-refractivity contribution >= 4 is 17.2 Å². The molecule has 0 aliphatic carbocycles. The summed E-state index contributed by atoms with van der Waals surface area (Å²) >= 11 is 0. The molecule has 0 spiro atoms. The van der Waals surface area contributed by atoms with Gasteiger partial charge in [-0.05, 0) is 72.7 Å². The third-order valence-electron chi connectivity index (χ3n) is 7.54. The zero-order chi connectivity index (χ0) is 29.4. The van der Waals surface area contributed by atoms with E-state index in [9.17, 15) is 31.1 Å². The lowest BCUT2D eigenvalue weighted by Crippen LogP contribution is -2.32. The minimum Gasteiger partial charge on any atom is -0.371 e. The van der Waals surface area contributed by atoms with Crippen molar-refractivity contribution in [2.75, 3.05) is 18.0 Å². The number of hydrogen-bond acceptors (Lipinski definition) is 3. The molecule has 1 saturated heterocycles. The highest BCUT2D eigenvalue weighted by atomic mass is 19.4. The van der Waals surface area contributed by atoms with Crippen molar-refractivity contribution < 1.29 is 31.1 Å². The normalized spacial score (nSPS) is 15.0. The molecule has 4 aromatic rings. The number of carbonyl (C=O) groups is 1. The molecule has 0 radical (unpaired) electrons. The van der Waals surface area contributed by atoms with Gasteiger partial charge in [-0.2, -0.15) is 26.3 Å². The number of halogens is 6. The number of benzene rings is 2. The Hall–Kier alpha value is -4.02. The molecule has 3 heterocycles. The highest BCUT2D eigenvalue weighted by Gasteiger charge is 2.35. The van der Waals surface area contributed by atoms with Gasteiger partial charge in [-0.25, -0.2) is 4.98 Å². The van der Waals surface area contributed by atoms with Crippen LogP contribution in [0.2, 0.25) is 0 Å². The van der Waals surface area contributed by atoms with Crippen LogP contribution in [0.25, 0.3) is 5.65 Å². The number of pyridine rings is 1. The van der Waals surface area contributed by atoms with Crippen LogP contribution < -0.4 is 10.2 Å². The summed E-state index contributed by atoms with van der Waals surface area (Å²) in [6.07, 6.45) is -5.60. The average Bonchev–Trinajstić information content (AvgIpc) is 3.34. The number of amides is 1. The molecule has 0 saturated carbocycles. The van der Waals surface area contributed by atoms with E-state index in [1.54, 1.807) is 19.1 Å². The number of aryl methyl sites for hydroxylation is 1. The molecule has 41 heavy (non-hydrogen) atoms. The van der Waals surface area contributed by atoms with Gasteiger partial charge < -0.3 is 10.2 Å². The first kappa shape index (κ1) is 28.5. The van der Waals surface area contributed by atoms with E-state index in [0.717, 1.165) is 60.9 Å². The molecule has 0 atom stereocenters. The number of hydrogen-bond donors (Lipinski definition) is 1. The lowest BCUT2D eigenvalue weighted by Gasteiger charge is -2.34. The van der Waals surface area contributed by atoms with E-state index in [0.29, 0.717) is 6.42 Å². The van der Waals surface area contributed by atoms with Crippen LogP contribution in [0.5, 0.6) is 0 Å². The summed E-state index contributed by atoms with van der Waals surface area (Å²) in [5.41, 5.74) is 1.27. The number of imidazole rings is 1. The predicted molar refractivity (Wildman–Crippen MR) is 143 cm³/mol.